The number of hydrogen-bond donors (Lipinski definition) is 1. The van der Waals surface area contributed by atoms with Gasteiger partial charge < -0.3 is 9.47 Å². The van der Waals surface area contributed by atoms with Gasteiger partial charge in [0, 0.05) is 11.3 Å². The zero-order chi connectivity index (χ0) is 18.4. The summed E-state index contributed by atoms with van der Waals surface area (Å²) in [5.74, 6) is 3.01. The van der Waals surface area contributed by atoms with Gasteiger partial charge >= 0.3 is 6.09 Å². The fourth-order valence-electron chi connectivity index (χ4n) is 2.90. The zero-order valence-corrected chi connectivity index (χ0v) is 16.1. The van der Waals surface area contributed by atoms with Crippen molar-refractivity contribution in [3.63, 3.8) is 0 Å². The molecule has 0 bridgehead atoms. The van der Waals surface area contributed by atoms with Crippen molar-refractivity contribution in [1.29, 1.82) is 0 Å². The summed E-state index contributed by atoms with van der Waals surface area (Å²) in [6.45, 7) is 4.47. The molecule has 0 aromatic heterocycles. The molecule has 1 heterocycles. The Labute approximate surface area is 159 Å². The number of ether oxygens (including phenoxy) is 2. The monoisotopic (exact) mass is 371 g/mol. The topological polar surface area (TPSA) is 47.6 Å². The average molecular weight is 372 g/mol. The lowest BCUT2D eigenvalue weighted by molar-refractivity contribution is 0.0418. The standard InChI is InChI=1S/C21H25NO3S/c1-21(2)18-14-17(10-11-19(18)22-20(23)25-21)24-12-6-7-13-26-15-16-8-4-3-5-9-16/h3-5,8-11,14H,6-7,12-13,15H2,1-2H3,(H,22,23). The molecule has 1 aliphatic rings. The maximum absolute atomic E-state index is 11.5. The van der Waals surface area contributed by atoms with Gasteiger partial charge in [0.05, 0.1) is 12.3 Å². The summed E-state index contributed by atoms with van der Waals surface area (Å²) in [7, 11) is 0. The number of fused-ring (bicyclic) bond motifs is 1. The Morgan fingerprint density at radius 1 is 1.12 bits per heavy atom. The van der Waals surface area contributed by atoms with Gasteiger partial charge in [-0.15, -0.1) is 0 Å². The summed E-state index contributed by atoms with van der Waals surface area (Å²) in [5.41, 5.74) is 2.45. The van der Waals surface area contributed by atoms with Crippen molar-refractivity contribution < 1.29 is 14.3 Å². The maximum atomic E-state index is 11.5. The molecular formula is C21H25NO3S. The normalized spacial score (nSPS) is 14.9. The molecule has 0 radical (unpaired) electrons. The lowest BCUT2D eigenvalue weighted by Crippen LogP contribution is -2.34. The van der Waals surface area contributed by atoms with E-state index < -0.39 is 11.7 Å². The largest absolute Gasteiger partial charge is 0.494 e. The third-order valence-electron chi connectivity index (χ3n) is 4.29. The minimum absolute atomic E-state index is 0.413. The predicted octanol–water partition coefficient (Wildman–Crippen LogP) is 5.58. The van der Waals surface area contributed by atoms with Crippen LogP contribution in [0.4, 0.5) is 10.5 Å². The van der Waals surface area contributed by atoms with Gasteiger partial charge in [0.15, 0.2) is 0 Å². The number of unbranched alkanes of at least 4 members (excludes halogenated alkanes) is 1. The molecule has 5 heteroatoms. The second-order valence-corrected chi connectivity index (χ2v) is 7.93. The molecule has 1 amide bonds. The van der Waals surface area contributed by atoms with Crippen LogP contribution in [0.2, 0.25) is 0 Å². The number of nitrogens with one attached hydrogen (secondary N) is 1. The second kappa shape index (κ2) is 8.49. The Morgan fingerprint density at radius 3 is 2.73 bits per heavy atom. The molecular weight excluding hydrogens is 346 g/mol. The van der Waals surface area contributed by atoms with Gasteiger partial charge in [-0.1, -0.05) is 30.3 Å². The van der Waals surface area contributed by atoms with Gasteiger partial charge in [-0.3, -0.25) is 5.32 Å². The Morgan fingerprint density at radius 2 is 1.92 bits per heavy atom. The van der Waals surface area contributed by atoms with E-state index in [0.717, 1.165) is 41.3 Å². The molecule has 0 aliphatic carbocycles. The van der Waals surface area contributed by atoms with Crippen LogP contribution in [-0.2, 0) is 16.1 Å². The predicted molar refractivity (Wildman–Crippen MR) is 107 cm³/mol. The first kappa shape index (κ1) is 18.6. The van der Waals surface area contributed by atoms with E-state index in [1.807, 2.05) is 49.9 Å². The van der Waals surface area contributed by atoms with E-state index in [9.17, 15) is 4.79 Å². The van der Waals surface area contributed by atoms with Crippen LogP contribution >= 0.6 is 11.8 Å². The molecule has 0 saturated carbocycles. The quantitative estimate of drug-likeness (QED) is 0.616. The third-order valence-corrected chi connectivity index (χ3v) is 5.40. The fraction of sp³-hybridized carbons (Fsp3) is 0.381. The van der Waals surface area contributed by atoms with Gasteiger partial charge in [-0.2, -0.15) is 11.8 Å². The van der Waals surface area contributed by atoms with Gasteiger partial charge in [0.2, 0.25) is 0 Å². The first-order valence-electron chi connectivity index (χ1n) is 8.93. The highest BCUT2D eigenvalue weighted by Crippen LogP contribution is 2.37. The molecule has 26 heavy (non-hydrogen) atoms. The van der Waals surface area contributed by atoms with Crippen molar-refractivity contribution in [3.05, 3.63) is 59.7 Å². The van der Waals surface area contributed by atoms with Crippen LogP contribution in [0, 0.1) is 0 Å². The zero-order valence-electron chi connectivity index (χ0n) is 15.3. The van der Waals surface area contributed by atoms with Crippen LogP contribution in [0.1, 0.15) is 37.8 Å². The van der Waals surface area contributed by atoms with E-state index in [1.165, 1.54) is 5.56 Å². The van der Waals surface area contributed by atoms with E-state index in [4.69, 9.17) is 9.47 Å². The van der Waals surface area contributed by atoms with E-state index in [1.54, 1.807) is 0 Å². The highest BCUT2D eigenvalue weighted by atomic mass is 32.2. The molecule has 3 rings (SSSR count). The van der Waals surface area contributed by atoms with Crippen LogP contribution in [0.25, 0.3) is 0 Å². The molecule has 2 aromatic rings. The van der Waals surface area contributed by atoms with Crippen molar-refractivity contribution in [2.75, 3.05) is 17.7 Å². The van der Waals surface area contributed by atoms with Gasteiger partial charge in [-0.25, -0.2) is 4.79 Å². The molecule has 0 saturated heterocycles. The molecule has 0 spiro atoms. The Kier molecular flexibility index (Phi) is 6.09. The van der Waals surface area contributed by atoms with E-state index in [0.29, 0.717) is 6.61 Å². The van der Waals surface area contributed by atoms with Crippen LogP contribution in [0.5, 0.6) is 5.75 Å². The second-order valence-electron chi connectivity index (χ2n) is 6.83. The SMILES string of the molecule is CC1(C)OC(=O)Nc2ccc(OCCCCSCc3ccccc3)cc21. The molecule has 1 N–H and O–H groups in total. The highest BCUT2D eigenvalue weighted by Gasteiger charge is 2.33. The van der Waals surface area contributed by atoms with Crippen LogP contribution in [0.3, 0.4) is 0 Å². The minimum Gasteiger partial charge on any atom is -0.494 e. The maximum Gasteiger partial charge on any atom is 0.412 e. The molecule has 2 aromatic carbocycles. The lowest BCUT2D eigenvalue weighted by Gasteiger charge is -2.32. The minimum atomic E-state index is -0.648. The van der Waals surface area contributed by atoms with Crippen LogP contribution < -0.4 is 10.1 Å². The van der Waals surface area contributed by atoms with Crippen LogP contribution in [0.15, 0.2) is 48.5 Å². The summed E-state index contributed by atoms with van der Waals surface area (Å²) < 4.78 is 11.2. The summed E-state index contributed by atoms with van der Waals surface area (Å²) in [5, 5.41) is 2.73. The van der Waals surface area contributed by atoms with E-state index in [-0.39, 0.29) is 0 Å². The number of cyclic esters (lactones) is 1. The molecule has 0 atom stereocenters. The van der Waals surface area contributed by atoms with Gasteiger partial charge in [0.25, 0.3) is 0 Å². The molecule has 1 aliphatic heterocycles. The molecule has 138 valence electrons. The molecule has 0 fully saturated rings. The highest BCUT2D eigenvalue weighted by molar-refractivity contribution is 7.98. The van der Waals surface area contributed by atoms with Crippen molar-refractivity contribution >= 4 is 23.5 Å². The van der Waals surface area contributed by atoms with Crippen LogP contribution in [-0.4, -0.2) is 18.5 Å². The third kappa shape index (κ3) is 4.94. The molecule has 4 nitrogen and oxygen atoms in total. The summed E-state index contributed by atoms with van der Waals surface area (Å²) in [6.07, 6.45) is 1.74. The van der Waals surface area contributed by atoms with Crippen molar-refractivity contribution in [1.82, 2.24) is 0 Å². The number of carbonyl (C=O) groups excluding carboxylic acids is 1. The number of carbonyl (C=O) groups is 1. The first-order valence-corrected chi connectivity index (χ1v) is 10.1. The number of hydrogen-bond acceptors (Lipinski definition) is 4. The Bertz CT molecular complexity index is 746. The first-order chi connectivity index (χ1) is 12.5. The Balaban J connectivity index is 1.40. The number of thioether (sulfide) groups is 1. The summed E-state index contributed by atoms with van der Waals surface area (Å²) in [6, 6.07) is 16.3. The summed E-state index contributed by atoms with van der Waals surface area (Å²) >= 11 is 1.96. The number of rotatable bonds is 8. The van der Waals surface area contributed by atoms with Gasteiger partial charge in [0.1, 0.15) is 11.4 Å². The van der Waals surface area contributed by atoms with E-state index >= 15 is 0 Å². The smallest absolute Gasteiger partial charge is 0.412 e. The lowest BCUT2D eigenvalue weighted by atomic mass is 9.94. The number of anilines is 1. The fourth-order valence-corrected chi connectivity index (χ4v) is 3.88. The van der Waals surface area contributed by atoms with Gasteiger partial charge in [-0.05, 0) is 56.2 Å². The average Bonchev–Trinajstić information content (AvgIpc) is 2.61. The Hall–Kier alpha value is -2.14. The van der Waals surface area contributed by atoms with Crippen molar-refractivity contribution in [2.24, 2.45) is 0 Å². The van der Waals surface area contributed by atoms with Crippen molar-refractivity contribution in [2.45, 2.75) is 38.0 Å². The van der Waals surface area contributed by atoms with Crippen molar-refractivity contribution in [3.8, 4) is 5.75 Å². The number of amides is 1. The summed E-state index contributed by atoms with van der Waals surface area (Å²) in [4.78, 5) is 11.5. The molecule has 0 unspecified atom stereocenters. The number of benzene rings is 2. The van der Waals surface area contributed by atoms with E-state index in [2.05, 4.69) is 29.6 Å².